The van der Waals surface area contributed by atoms with Crippen molar-refractivity contribution >= 4 is 40.1 Å². The smallest absolute Gasteiger partial charge is 0.261 e. The van der Waals surface area contributed by atoms with Gasteiger partial charge in [0.05, 0.1) is 15.8 Å². The second kappa shape index (κ2) is 6.24. The van der Waals surface area contributed by atoms with Crippen molar-refractivity contribution in [3.63, 3.8) is 0 Å². The van der Waals surface area contributed by atoms with E-state index in [-0.39, 0.29) is 5.56 Å². The summed E-state index contributed by atoms with van der Waals surface area (Å²) in [5, 5.41) is 0.716. The molecule has 0 unspecified atom stereocenters. The Balaban J connectivity index is 2.22. The first-order valence-corrected chi connectivity index (χ1v) is 9.58. The molecule has 2 aromatic heterocycles. The van der Waals surface area contributed by atoms with Crippen LogP contribution < -0.4 is 5.56 Å². The molecule has 2 heterocycles. The molecule has 2 aromatic carbocycles. The van der Waals surface area contributed by atoms with E-state index < -0.39 is 0 Å². The zero-order valence-corrected chi connectivity index (χ0v) is 15.8. The van der Waals surface area contributed by atoms with Crippen molar-refractivity contribution in [2.24, 2.45) is 0 Å². The Morgan fingerprint density at radius 3 is 2.52 bits per heavy atom. The van der Waals surface area contributed by atoms with Gasteiger partial charge in [-0.15, -0.1) is 11.3 Å². The summed E-state index contributed by atoms with van der Waals surface area (Å²) in [6.07, 6.45) is 0.893. The summed E-state index contributed by atoms with van der Waals surface area (Å²) in [7, 11) is 0. The number of benzene rings is 2. The molecule has 5 heteroatoms. The lowest BCUT2D eigenvalue weighted by Crippen LogP contribution is -2.23. The Hall–Kier alpha value is -2.24. The van der Waals surface area contributed by atoms with Crippen LogP contribution in [0.3, 0.4) is 0 Å². The molecule has 0 aliphatic rings. The molecule has 0 amide bonds. The maximum atomic E-state index is 13.1. The van der Waals surface area contributed by atoms with Gasteiger partial charge in [-0.05, 0) is 43.3 Å². The molecule has 25 heavy (non-hydrogen) atoms. The van der Waals surface area contributed by atoms with Gasteiger partial charge in [0.25, 0.3) is 5.56 Å². The topological polar surface area (TPSA) is 26.4 Å². The van der Waals surface area contributed by atoms with Crippen LogP contribution in [0.4, 0.5) is 0 Å². The molecule has 0 saturated carbocycles. The van der Waals surface area contributed by atoms with E-state index >= 15 is 0 Å². The van der Waals surface area contributed by atoms with Crippen LogP contribution in [0.1, 0.15) is 18.9 Å². The van der Waals surface area contributed by atoms with Crippen LogP contribution in [0.25, 0.3) is 27.0 Å². The van der Waals surface area contributed by atoms with Crippen LogP contribution in [-0.4, -0.2) is 8.97 Å². The van der Waals surface area contributed by atoms with Crippen LogP contribution in [0.15, 0.2) is 53.3 Å². The molecule has 0 aliphatic carbocycles. The lowest BCUT2D eigenvalue weighted by molar-refractivity contribution is 0.671. The number of thiazole rings is 1. The maximum absolute atomic E-state index is 13.1. The Morgan fingerprint density at radius 2 is 1.80 bits per heavy atom. The molecular weight excluding hydrogens is 348 g/mol. The number of para-hydroxylation sites is 1. The van der Waals surface area contributed by atoms with Gasteiger partial charge in [0, 0.05) is 6.54 Å². The predicted octanol–water partition coefficient (Wildman–Crippen LogP) is 5.43. The summed E-state index contributed by atoms with van der Waals surface area (Å²) in [6, 6.07) is 16.1. The SMILES string of the molecule is CCCn1c(=O)c2ccccc2n2c(=S)sc(-c3ccc(C)cc3)c12. The van der Waals surface area contributed by atoms with Gasteiger partial charge < -0.3 is 0 Å². The Morgan fingerprint density at radius 1 is 1.08 bits per heavy atom. The number of aromatic nitrogens is 2. The van der Waals surface area contributed by atoms with E-state index in [1.165, 1.54) is 5.56 Å². The fourth-order valence-corrected chi connectivity index (χ4v) is 4.67. The van der Waals surface area contributed by atoms with Gasteiger partial charge >= 0.3 is 0 Å². The van der Waals surface area contributed by atoms with Gasteiger partial charge in [-0.2, -0.15) is 0 Å². The van der Waals surface area contributed by atoms with Crippen LogP contribution in [0.5, 0.6) is 0 Å². The van der Waals surface area contributed by atoms with Crippen molar-refractivity contribution in [1.29, 1.82) is 0 Å². The monoisotopic (exact) mass is 366 g/mol. The molecule has 0 N–H and O–H groups in total. The van der Waals surface area contributed by atoms with Crippen LogP contribution in [0.2, 0.25) is 0 Å². The quantitative estimate of drug-likeness (QED) is 0.452. The number of rotatable bonds is 3. The van der Waals surface area contributed by atoms with Crippen molar-refractivity contribution in [2.45, 2.75) is 26.8 Å². The second-order valence-electron chi connectivity index (χ2n) is 6.20. The van der Waals surface area contributed by atoms with Crippen molar-refractivity contribution < 1.29 is 0 Å². The lowest BCUT2D eigenvalue weighted by Gasteiger charge is -2.12. The van der Waals surface area contributed by atoms with Gasteiger partial charge in [0.15, 0.2) is 3.95 Å². The summed E-state index contributed by atoms with van der Waals surface area (Å²) < 4.78 is 4.71. The van der Waals surface area contributed by atoms with Crippen molar-refractivity contribution in [2.75, 3.05) is 0 Å². The van der Waals surface area contributed by atoms with Gasteiger partial charge in [0.1, 0.15) is 5.65 Å². The average Bonchev–Trinajstić information content (AvgIpc) is 2.96. The maximum Gasteiger partial charge on any atom is 0.261 e. The van der Waals surface area contributed by atoms with Crippen LogP contribution >= 0.6 is 23.6 Å². The molecule has 0 radical (unpaired) electrons. The Bertz CT molecular complexity index is 1200. The third kappa shape index (κ3) is 2.55. The van der Waals surface area contributed by atoms with E-state index in [9.17, 15) is 4.79 Å². The molecule has 4 aromatic rings. The fraction of sp³-hybridized carbons (Fsp3) is 0.200. The predicted molar refractivity (Wildman–Crippen MR) is 108 cm³/mol. The third-order valence-electron chi connectivity index (χ3n) is 4.42. The van der Waals surface area contributed by atoms with E-state index in [1.807, 2.05) is 28.8 Å². The number of hydrogen-bond acceptors (Lipinski definition) is 3. The normalized spacial score (nSPS) is 11.4. The van der Waals surface area contributed by atoms with Crippen molar-refractivity contribution in [3.05, 3.63) is 68.4 Å². The van der Waals surface area contributed by atoms with E-state index in [2.05, 4.69) is 42.5 Å². The zero-order valence-electron chi connectivity index (χ0n) is 14.2. The molecule has 4 rings (SSSR count). The summed E-state index contributed by atoms with van der Waals surface area (Å²) in [4.78, 5) is 14.2. The summed E-state index contributed by atoms with van der Waals surface area (Å²) >= 11 is 7.25. The van der Waals surface area contributed by atoms with E-state index in [4.69, 9.17) is 12.2 Å². The fourth-order valence-electron chi connectivity index (χ4n) is 3.24. The highest BCUT2D eigenvalue weighted by atomic mass is 32.1. The average molecular weight is 367 g/mol. The van der Waals surface area contributed by atoms with Gasteiger partial charge in [0.2, 0.25) is 0 Å². The minimum Gasteiger partial charge on any atom is -0.293 e. The zero-order chi connectivity index (χ0) is 17.6. The third-order valence-corrected chi connectivity index (χ3v) is 5.84. The molecule has 0 spiro atoms. The van der Waals surface area contributed by atoms with E-state index in [0.29, 0.717) is 11.9 Å². The molecule has 126 valence electrons. The molecule has 0 aliphatic heterocycles. The van der Waals surface area contributed by atoms with E-state index in [0.717, 1.165) is 32.0 Å². The molecule has 0 bridgehead atoms. The summed E-state index contributed by atoms with van der Waals surface area (Å²) in [5.74, 6) is 0. The van der Waals surface area contributed by atoms with Gasteiger partial charge in [-0.25, -0.2) is 0 Å². The Kier molecular flexibility index (Phi) is 4.06. The number of aryl methyl sites for hydroxylation is 2. The summed E-state index contributed by atoms with van der Waals surface area (Å²) in [6.45, 7) is 4.84. The molecule has 3 nitrogen and oxygen atoms in total. The van der Waals surface area contributed by atoms with Crippen LogP contribution in [-0.2, 0) is 6.54 Å². The first-order valence-electron chi connectivity index (χ1n) is 8.36. The first-order chi connectivity index (χ1) is 12.1. The number of fused-ring (bicyclic) bond motifs is 3. The highest BCUT2D eigenvalue weighted by Crippen LogP contribution is 2.33. The standard InChI is InChI=1S/C20H18N2OS2/c1-3-12-21-18-17(14-10-8-13(2)9-11-14)25-20(24)22(18)16-7-5-4-6-15(16)19(21)23/h4-11H,3,12H2,1-2H3. The second-order valence-corrected chi connectivity index (χ2v) is 7.84. The van der Waals surface area contributed by atoms with Crippen molar-refractivity contribution in [3.8, 4) is 10.4 Å². The van der Waals surface area contributed by atoms with Crippen molar-refractivity contribution in [1.82, 2.24) is 8.97 Å². The largest absolute Gasteiger partial charge is 0.293 e. The highest BCUT2D eigenvalue weighted by molar-refractivity contribution is 7.73. The number of hydrogen-bond donors (Lipinski definition) is 0. The summed E-state index contributed by atoms with van der Waals surface area (Å²) in [5.41, 5.74) is 4.16. The van der Waals surface area contributed by atoms with E-state index in [1.54, 1.807) is 11.3 Å². The lowest BCUT2D eigenvalue weighted by atomic mass is 10.1. The first kappa shape index (κ1) is 16.2. The molecular formula is C20H18N2OS2. The van der Waals surface area contributed by atoms with Gasteiger partial charge in [-0.1, -0.05) is 48.9 Å². The Labute approximate surface area is 154 Å². The molecule has 0 saturated heterocycles. The molecule has 0 atom stereocenters. The van der Waals surface area contributed by atoms with Crippen LogP contribution in [0, 0.1) is 10.9 Å². The highest BCUT2D eigenvalue weighted by Gasteiger charge is 2.17. The minimum atomic E-state index is 0.0543. The molecule has 0 fully saturated rings. The minimum absolute atomic E-state index is 0.0543. The van der Waals surface area contributed by atoms with Gasteiger partial charge in [-0.3, -0.25) is 13.8 Å². The number of nitrogens with zero attached hydrogens (tertiary/aromatic N) is 2.